The molecule has 2 aromatic carbocycles. The number of amides is 1. The number of halogens is 1. The van der Waals surface area contributed by atoms with Crippen LogP contribution in [0, 0.1) is 11.2 Å². The van der Waals surface area contributed by atoms with Crippen molar-refractivity contribution in [3.05, 3.63) is 71.0 Å². The summed E-state index contributed by atoms with van der Waals surface area (Å²) in [5.41, 5.74) is 3.11. The van der Waals surface area contributed by atoms with Gasteiger partial charge in [-0.1, -0.05) is 43.3 Å². The summed E-state index contributed by atoms with van der Waals surface area (Å²) in [6, 6.07) is 14.1. The number of aliphatic hydroxyl groups excluding tert-OH is 1. The first-order chi connectivity index (χ1) is 11.5. The fourth-order valence-electron chi connectivity index (χ4n) is 3.40. The molecule has 3 nitrogen and oxygen atoms in total. The fourth-order valence-corrected chi connectivity index (χ4v) is 3.40. The number of aliphatic hydroxyl groups is 1. The maximum atomic E-state index is 13.2. The number of benzene rings is 2. The van der Waals surface area contributed by atoms with Gasteiger partial charge in [0.2, 0.25) is 5.91 Å². The van der Waals surface area contributed by atoms with Crippen LogP contribution in [0.4, 0.5) is 4.39 Å². The molecule has 0 bridgehead atoms. The first kappa shape index (κ1) is 16.7. The molecule has 0 spiro atoms. The normalized spacial score (nSPS) is 16.5. The Morgan fingerprint density at radius 3 is 2.50 bits per heavy atom. The topological polar surface area (TPSA) is 49.3 Å². The summed E-state index contributed by atoms with van der Waals surface area (Å²) in [6.45, 7) is 2.73. The number of carbonyl (C=O) groups excluding carboxylic acids is 1. The van der Waals surface area contributed by atoms with Crippen molar-refractivity contribution in [2.75, 3.05) is 6.54 Å². The summed E-state index contributed by atoms with van der Waals surface area (Å²) < 4.78 is 13.2. The van der Waals surface area contributed by atoms with Gasteiger partial charge < -0.3 is 10.4 Å². The van der Waals surface area contributed by atoms with Gasteiger partial charge in [0.25, 0.3) is 0 Å². The first-order valence-corrected chi connectivity index (χ1v) is 8.22. The molecule has 1 unspecified atom stereocenters. The predicted octanol–water partition coefficient (Wildman–Crippen LogP) is 3.17. The third kappa shape index (κ3) is 3.82. The molecule has 0 aliphatic heterocycles. The molecule has 0 fully saturated rings. The van der Waals surface area contributed by atoms with Gasteiger partial charge in [-0.25, -0.2) is 4.39 Å². The van der Waals surface area contributed by atoms with Crippen molar-refractivity contribution in [3.63, 3.8) is 0 Å². The minimum absolute atomic E-state index is 0.00313. The van der Waals surface area contributed by atoms with Crippen molar-refractivity contribution < 1.29 is 14.3 Å². The van der Waals surface area contributed by atoms with Crippen LogP contribution < -0.4 is 5.32 Å². The monoisotopic (exact) mass is 327 g/mol. The second-order valence-electron chi connectivity index (χ2n) is 6.98. The number of fused-ring (bicyclic) bond motifs is 1. The van der Waals surface area contributed by atoms with Gasteiger partial charge in [-0.2, -0.15) is 0 Å². The Balaban J connectivity index is 1.53. The third-order valence-electron chi connectivity index (χ3n) is 4.68. The average Bonchev–Trinajstić information content (AvgIpc) is 2.89. The molecule has 0 saturated heterocycles. The molecule has 0 radical (unpaired) electrons. The number of carbonyl (C=O) groups is 1. The van der Waals surface area contributed by atoms with Crippen molar-refractivity contribution in [1.29, 1.82) is 0 Å². The van der Waals surface area contributed by atoms with E-state index >= 15 is 0 Å². The molecule has 2 N–H and O–H groups in total. The molecule has 126 valence electrons. The maximum Gasteiger partial charge on any atom is 0.222 e. The quantitative estimate of drug-likeness (QED) is 0.886. The van der Waals surface area contributed by atoms with Crippen LogP contribution in [0.5, 0.6) is 0 Å². The minimum Gasteiger partial charge on any atom is -0.388 e. The molecular formula is C20H22FNO2. The zero-order valence-corrected chi connectivity index (χ0v) is 13.8. The van der Waals surface area contributed by atoms with Gasteiger partial charge in [-0.3, -0.25) is 4.79 Å². The predicted molar refractivity (Wildman–Crippen MR) is 90.9 cm³/mol. The SMILES string of the molecule is CC1(CNC(=O)CC(O)c2cccc(F)c2)Cc2ccccc2C1. The van der Waals surface area contributed by atoms with Crippen LogP contribution in [0.2, 0.25) is 0 Å². The summed E-state index contributed by atoms with van der Waals surface area (Å²) in [5.74, 6) is -0.632. The van der Waals surface area contributed by atoms with E-state index in [1.54, 1.807) is 6.07 Å². The van der Waals surface area contributed by atoms with Crippen molar-refractivity contribution in [2.45, 2.75) is 32.3 Å². The Labute approximate surface area is 141 Å². The molecule has 3 rings (SSSR count). The fraction of sp³-hybridized carbons (Fsp3) is 0.350. The van der Waals surface area contributed by atoms with Gasteiger partial charge in [0, 0.05) is 6.54 Å². The Morgan fingerprint density at radius 1 is 1.21 bits per heavy atom. The lowest BCUT2D eigenvalue weighted by Gasteiger charge is -2.24. The van der Waals surface area contributed by atoms with E-state index < -0.39 is 11.9 Å². The summed E-state index contributed by atoms with van der Waals surface area (Å²) >= 11 is 0. The number of hydrogen-bond donors (Lipinski definition) is 2. The highest BCUT2D eigenvalue weighted by atomic mass is 19.1. The van der Waals surface area contributed by atoms with E-state index in [9.17, 15) is 14.3 Å². The summed E-state index contributed by atoms with van der Waals surface area (Å²) in [7, 11) is 0. The van der Waals surface area contributed by atoms with Crippen LogP contribution in [0.15, 0.2) is 48.5 Å². The maximum absolute atomic E-state index is 13.2. The molecule has 0 saturated carbocycles. The second kappa shape index (κ2) is 6.73. The first-order valence-electron chi connectivity index (χ1n) is 8.22. The lowest BCUT2D eigenvalue weighted by Crippen LogP contribution is -2.36. The van der Waals surface area contributed by atoms with Gasteiger partial charge in [-0.15, -0.1) is 0 Å². The van der Waals surface area contributed by atoms with Crippen LogP contribution in [0.3, 0.4) is 0 Å². The Bertz CT molecular complexity index is 719. The number of rotatable bonds is 5. The lowest BCUT2D eigenvalue weighted by molar-refractivity contribution is -0.123. The lowest BCUT2D eigenvalue weighted by atomic mass is 9.87. The summed E-state index contributed by atoms with van der Waals surface area (Å²) in [5, 5.41) is 13.0. The largest absolute Gasteiger partial charge is 0.388 e. The summed E-state index contributed by atoms with van der Waals surface area (Å²) in [6.07, 6.45) is 0.826. The van der Waals surface area contributed by atoms with Crippen molar-refractivity contribution in [1.82, 2.24) is 5.32 Å². The van der Waals surface area contributed by atoms with E-state index in [1.165, 1.54) is 29.3 Å². The van der Waals surface area contributed by atoms with Gasteiger partial charge in [0.1, 0.15) is 5.82 Å². The molecule has 1 aliphatic rings. The Kier molecular flexibility index (Phi) is 4.67. The van der Waals surface area contributed by atoms with Crippen LogP contribution >= 0.6 is 0 Å². The molecule has 1 aliphatic carbocycles. The van der Waals surface area contributed by atoms with Gasteiger partial charge in [0.15, 0.2) is 0 Å². The van der Waals surface area contributed by atoms with E-state index in [4.69, 9.17) is 0 Å². The van der Waals surface area contributed by atoms with Crippen LogP contribution in [0.1, 0.15) is 36.1 Å². The van der Waals surface area contributed by atoms with E-state index in [2.05, 4.69) is 24.4 Å². The third-order valence-corrected chi connectivity index (χ3v) is 4.68. The molecule has 0 heterocycles. The highest BCUT2D eigenvalue weighted by Gasteiger charge is 2.32. The van der Waals surface area contributed by atoms with Crippen molar-refractivity contribution in [3.8, 4) is 0 Å². The smallest absolute Gasteiger partial charge is 0.222 e. The van der Waals surface area contributed by atoms with E-state index in [-0.39, 0.29) is 17.7 Å². The molecule has 0 aromatic heterocycles. The van der Waals surface area contributed by atoms with Gasteiger partial charge >= 0.3 is 0 Å². The molecule has 24 heavy (non-hydrogen) atoms. The van der Waals surface area contributed by atoms with Crippen LogP contribution in [0.25, 0.3) is 0 Å². The molecule has 1 amide bonds. The average molecular weight is 327 g/mol. The van der Waals surface area contributed by atoms with Gasteiger partial charge in [-0.05, 0) is 47.1 Å². The van der Waals surface area contributed by atoms with Crippen molar-refractivity contribution >= 4 is 5.91 Å². The highest BCUT2D eigenvalue weighted by Crippen LogP contribution is 2.36. The van der Waals surface area contributed by atoms with E-state index in [0.29, 0.717) is 12.1 Å². The standard InChI is InChI=1S/C20H22FNO2/c1-20(11-15-5-2-3-6-16(15)12-20)13-22-19(24)10-18(23)14-7-4-8-17(21)9-14/h2-9,18,23H,10-13H2,1H3,(H,22,24). The molecular weight excluding hydrogens is 305 g/mol. The Morgan fingerprint density at radius 2 is 1.88 bits per heavy atom. The second-order valence-corrected chi connectivity index (χ2v) is 6.98. The Hall–Kier alpha value is -2.20. The van der Waals surface area contributed by atoms with Gasteiger partial charge in [0.05, 0.1) is 12.5 Å². The van der Waals surface area contributed by atoms with Crippen LogP contribution in [-0.2, 0) is 17.6 Å². The zero-order valence-electron chi connectivity index (χ0n) is 13.8. The van der Waals surface area contributed by atoms with Crippen LogP contribution in [-0.4, -0.2) is 17.6 Å². The molecule has 1 atom stereocenters. The van der Waals surface area contributed by atoms with E-state index in [1.807, 2.05) is 12.1 Å². The number of nitrogens with one attached hydrogen (secondary N) is 1. The van der Waals surface area contributed by atoms with E-state index in [0.717, 1.165) is 12.8 Å². The van der Waals surface area contributed by atoms with Crippen molar-refractivity contribution in [2.24, 2.45) is 5.41 Å². The number of hydrogen-bond acceptors (Lipinski definition) is 2. The summed E-state index contributed by atoms with van der Waals surface area (Å²) in [4.78, 5) is 12.1. The zero-order chi connectivity index (χ0) is 17.2. The minimum atomic E-state index is -0.991. The molecule has 4 heteroatoms. The molecule has 2 aromatic rings. The highest BCUT2D eigenvalue weighted by molar-refractivity contribution is 5.76.